The molecule has 0 aliphatic carbocycles. The highest BCUT2D eigenvalue weighted by molar-refractivity contribution is 8.01. The van der Waals surface area contributed by atoms with E-state index in [4.69, 9.17) is 9.15 Å². The third kappa shape index (κ3) is 4.72. The second-order valence-corrected chi connectivity index (χ2v) is 11.5. The van der Waals surface area contributed by atoms with Gasteiger partial charge in [0.05, 0.1) is 6.42 Å². The molecule has 3 aromatic carbocycles. The van der Waals surface area contributed by atoms with Crippen molar-refractivity contribution in [3.05, 3.63) is 102 Å². The molecule has 5 heteroatoms. The second kappa shape index (κ2) is 9.62. The largest absolute Gasteiger partial charge is 0.453 e. The third-order valence-corrected chi connectivity index (χ3v) is 7.95. The molecule has 4 aromatic rings. The molecule has 0 spiro atoms. The van der Waals surface area contributed by atoms with Crippen molar-refractivity contribution in [2.24, 2.45) is 0 Å². The van der Waals surface area contributed by atoms with Gasteiger partial charge in [-0.3, -0.25) is 9.59 Å². The zero-order valence-corrected chi connectivity index (χ0v) is 21.6. The van der Waals surface area contributed by atoms with Crippen LogP contribution in [-0.2, 0) is 31.8 Å². The molecule has 5 rings (SSSR count). The van der Waals surface area contributed by atoms with Crippen LogP contribution in [0, 0.1) is 0 Å². The van der Waals surface area contributed by atoms with E-state index in [2.05, 4.69) is 32.9 Å². The second-order valence-electron chi connectivity index (χ2n) is 10.4. The molecule has 2 heterocycles. The van der Waals surface area contributed by atoms with E-state index in [-0.39, 0.29) is 17.6 Å². The zero-order valence-electron chi connectivity index (χ0n) is 20.8. The Kier molecular flexibility index (Phi) is 6.52. The Hall–Kier alpha value is -3.31. The fraction of sp³-hybridized carbons (Fsp3) is 0.290. The van der Waals surface area contributed by atoms with Gasteiger partial charge in [-0.15, -0.1) is 0 Å². The van der Waals surface area contributed by atoms with E-state index in [9.17, 15) is 9.59 Å². The summed E-state index contributed by atoms with van der Waals surface area (Å²) in [4.78, 5) is 27.1. The fourth-order valence-corrected chi connectivity index (χ4v) is 6.25. The Morgan fingerprint density at radius 3 is 2.19 bits per heavy atom. The van der Waals surface area contributed by atoms with Crippen molar-refractivity contribution in [1.29, 1.82) is 0 Å². The number of aryl methyl sites for hydroxylation is 1. The molecule has 1 saturated heterocycles. The lowest BCUT2D eigenvalue weighted by Gasteiger charge is -2.39. The Balaban J connectivity index is 1.45. The highest BCUT2D eigenvalue weighted by Crippen LogP contribution is 2.46. The Morgan fingerprint density at radius 1 is 0.889 bits per heavy atom. The first-order chi connectivity index (χ1) is 17.3. The van der Waals surface area contributed by atoms with Gasteiger partial charge in [0.25, 0.3) is 0 Å². The Morgan fingerprint density at radius 2 is 1.53 bits per heavy atom. The van der Waals surface area contributed by atoms with Crippen LogP contribution in [-0.4, -0.2) is 17.0 Å². The molecular formula is C31H30O4S. The maximum absolute atomic E-state index is 13.6. The molecule has 184 valence electrons. The van der Waals surface area contributed by atoms with Crippen molar-refractivity contribution in [3.63, 3.8) is 0 Å². The van der Waals surface area contributed by atoms with Crippen LogP contribution >= 0.6 is 11.8 Å². The molecule has 0 bridgehead atoms. The number of rotatable bonds is 6. The summed E-state index contributed by atoms with van der Waals surface area (Å²) in [5.41, 5.74) is 2.55. The predicted molar refractivity (Wildman–Crippen MR) is 143 cm³/mol. The molecule has 0 amide bonds. The number of thioether (sulfide) groups is 1. The van der Waals surface area contributed by atoms with Gasteiger partial charge in [0.15, 0.2) is 16.1 Å². The lowest BCUT2D eigenvalue weighted by Crippen LogP contribution is -2.47. The number of cyclic esters (lactones) is 1. The van der Waals surface area contributed by atoms with Gasteiger partial charge in [0, 0.05) is 10.9 Å². The SMILES string of the molecule is CC(C)(C)c1c(SC2C(=O)CC(CCc3ccccc3)(c3ccccc3)OC2=O)oc2ccccc12. The Labute approximate surface area is 216 Å². The van der Waals surface area contributed by atoms with E-state index in [1.165, 1.54) is 11.8 Å². The van der Waals surface area contributed by atoms with E-state index in [1.807, 2.05) is 72.8 Å². The summed E-state index contributed by atoms with van der Waals surface area (Å²) in [5.74, 6) is -0.637. The van der Waals surface area contributed by atoms with Gasteiger partial charge in [0.2, 0.25) is 0 Å². The number of para-hydroxylation sites is 1. The highest BCUT2D eigenvalue weighted by atomic mass is 32.2. The molecule has 1 aliphatic rings. The monoisotopic (exact) mass is 498 g/mol. The van der Waals surface area contributed by atoms with Crippen LogP contribution in [0.25, 0.3) is 11.0 Å². The van der Waals surface area contributed by atoms with Gasteiger partial charge >= 0.3 is 5.97 Å². The summed E-state index contributed by atoms with van der Waals surface area (Å²) in [6.07, 6.45) is 1.37. The molecule has 1 aromatic heterocycles. The van der Waals surface area contributed by atoms with Crippen molar-refractivity contribution in [3.8, 4) is 0 Å². The maximum atomic E-state index is 13.6. The molecule has 2 atom stereocenters. The predicted octanol–water partition coefficient (Wildman–Crippen LogP) is 7.24. The number of hydrogen-bond acceptors (Lipinski definition) is 5. The van der Waals surface area contributed by atoms with Crippen molar-refractivity contribution in [1.82, 2.24) is 0 Å². The van der Waals surface area contributed by atoms with Crippen LogP contribution in [0.2, 0.25) is 0 Å². The number of Topliss-reactive ketones (excluding diaryl/α,β-unsaturated/α-hetero) is 1. The summed E-state index contributed by atoms with van der Waals surface area (Å²) < 4.78 is 12.4. The normalized spacial score (nSPS) is 20.5. The zero-order chi connectivity index (χ0) is 25.3. The molecule has 2 unspecified atom stereocenters. The van der Waals surface area contributed by atoms with Gasteiger partial charge in [-0.25, -0.2) is 0 Å². The minimum atomic E-state index is -0.983. The van der Waals surface area contributed by atoms with Crippen molar-refractivity contribution in [2.75, 3.05) is 0 Å². The van der Waals surface area contributed by atoms with Crippen LogP contribution in [0.4, 0.5) is 0 Å². The number of fused-ring (bicyclic) bond motifs is 1. The van der Waals surface area contributed by atoms with E-state index < -0.39 is 16.8 Å². The highest BCUT2D eigenvalue weighted by Gasteiger charge is 2.49. The van der Waals surface area contributed by atoms with Gasteiger partial charge in [0.1, 0.15) is 11.2 Å². The minimum Gasteiger partial charge on any atom is -0.453 e. The average Bonchev–Trinajstić information content (AvgIpc) is 3.25. The molecule has 0 saturated carbocycles. The van der Waals surface area contributed by atoms with Crippen LogP contribution < -0.4 is 0 Å². The van der Waals surface area contributed by atoms with Crippen LogP contribution in [0.1, 0.15) is 50.3 Å². The topological polar surface area (TPSA) is 56.5 Å². The average molecular weight is 499 g/mol. The van der Waals surface area contributed by atoms with Crippen molar-refractivity contribution in [2.45, 2.75) is 61.4 Å². The number of carbonyl (C=O) groups excluding carboxylic acids is 2. The number of hydrogen-bond donors (Lipinski definition) is 0. The van der Waals surface area contributed by atoms with Gasteiger partial charge in [-0.1, -0.05) is 111 Å². The summed E-state index contributed by atoms with van der Waals surface area (Å²) in [5, 5.41) is 0.654. The molecule has 4 nitrogen and oxygen atoms in total. The summed E-state index contributed by atoms with van der Waals surface area (Å²) in [6, 6.07) is 27.6. The molecular weight excluding hydrogens is 468 g/mol. The first-order valence-corrected chi connectivity index (χ1v) is 13.2. The minimum absolute atomic E-state index is 0.131. The molecule has 0 radical (unpaired) electrons. The Bertz CT molecular complexity index is 1360. The van der Waals surface area contributed by atoms with Crippen LogP contribution in [0.15, 0.2) is 94.4 Å². The standard InChI is InChI=1S/C31H30O4S/c1-30(2,3)26-23-16-10-11-17-25(23)34-29(26)36-27-24(32)20-31(35-28(27)33,22-14-8-5-9-15-22)19-18-21-12-6-4-7-13-21/h4-17,27H,18-20H2,1-3H3. The van der Waals surface area contributed by atoms with Crippen molar-refractivity contribution >= 4 is 34.5 Å². The van der Waals surface area contributed by atoms with E-state index in [1.54, 1.807) is 0 Å². The quantitative estimate of drug-likeness (QED) is 0.207. The van der Waals surface area contributed by atoms with Gasteiger partial charge < -0.3 is 9.15 Å². The smallest absolute Gasteiger partial charge is 0.328 e. The molecule has 1 fully saturated rings. The van der Waals surface area contributed by atoms with Crippen LogP contribution in [0.5, 0.6) is 0 Å². The number of carbonyl (C=O) groups is 2. The lowest BCUT2D eigenvalue weighted by molar-refractivity contribution is -0.171. The lowest BCUT2D eigenvalue weighted by atomic mass is 9.81. The number of furan rings is 1. The maximum Gasteiger partial charge on any atom is 0.328 e. The summed E-state index contributed by atoms with van der Waals surface area (Å²) >= 11 is 1.18. The first-order valence-electron chi connectivity index (χ1n) is 12.3. The molecule has 1 aliphatic heterocycles. The third-order valence-electron chi connectivity index (χ3n) is 6.76. The molecule has 0 N–H and O–H groups in total. The number of ketones is 1. The van der Waals surface area contributed by atoms with Crippen molar-refractivity contribution < 1.29 is 18.7 Å². The van der Waals surface area contributed by atoms with Gasteiger partial charge in [-0.05, 0) is 35.4 Å². The van der Waals surface area contributed by atoms with Crippen LogP contribution in [0.3, 0.4) is 0 Å². The summed E-state index contributed by atoms with van der Waals surface area (Å²) in [6.45, 7) is 6.33. The fourth-order valence-electron chi connectivity index (χ4n) is 5.00. The number of benzene rings is 3. The van der Waals surface area contributed by atoms with E-state index >= 15 is 0 Å². The van der Waals surface area contributed by atoms with Gasteiger partial charge in [-0.2, -0.15) is 0 Å². The molecule has 36 heavy (non-hydrogen) atoms. The summed E-state index contributed by atoms with van der Waals surface area (Å²) in [7, 11) is 0. The van der Waals surface area contributed by atoms with E-state index in [0.29, 0.717) is 17.9 Å². The number of esters is 1. The van der Waals surface area contributed by atoms with E-state index in [0.717, 1.165) is 27.7 Å². The first kappa shape index (κ1) is 24.4. The number of ether oxygens (including phenoxy) is 1.